The fourth-order valence-electron chi connectivity index (χ4n) is 3.08. The van der Waals surface area contributed by atoms with Crippen LogP contribution in [0.25, 0.3) is 11.1 Å². The summed E-state index contributed by atoms with van der Waals surface area (Å²) in [5, 5.41) is 0. The van der Waals surface area contributed by atoms with Crippen LogP contribution < -0.4 is 0 Å². The molecule has 0 N–H and O–H groups in total. The first-order valence-corrected chi connectivity index (χ1v) is 7.68. The number of rotatable bonds is 2. The van der Waals surface area contributed by atoms with Crippen LogP contribution in [0.15, 0.2) is 48.5 Å². The summed E-state index contributed by atoms with van der Waals surface area (Å²) >= 11 is 0. The van der Waals surface area contributed by atoms with E-state index < -0.39 is 0 Å². The van der Waals surface area contributed by atoms with E-state index >= 15 is 0 Å². The summed E-state index contributed by atoms with van der Waals surface area (Å²) in [5.41, 5.74) is 7.33. The zero-order chi connectivity index (χ0) is 15.4. The fourth-order valence-corrected chi connectivity index (χ4v) is 3.08. The molecule has 0 unspecified atom stereocenters. The van der Waals surface area contributed by atoms with Crippen molar-refractivity contribution in [2.45, 2.75) is 25.7 Å². The van der Waals surface area contributed by atoms with Crippen molar-refractivity contribution in [1.29, 1.82) is 0 Å². The molecule has 0 saturated carbocycles. The van der Waals surface area contributed by atoms with Crippen molar-refractivity contribution >= 4 is 11.1 Å². The molecule has 0 heterocycles. The van der Waals surface area contributed by atoms with Crippen LogP contribution in [-0.4, -0.2) is 0 Å². The molecule has 22 heavy (non-hydrogen) atoms. The van der Waals surface area contributed by atoms with E-state index in [-0.39, 0.29) is 0 Å². The van der Waals surface area contributed by atoms with Gasteiger partial charge in [0, 0.05) is 11.1 Å². The molecule has 0 saturated heterocycles. The standard InChI is InChI=1S/C22H18/c1-3-17-9-13-19(14-10-17)21-7-5-6-8-22(21)20-15-11-18(4-2)12-16-20/h1-2,9-16H,5-8H2. The van der Waals surface area contributed by atoms with Crippen molar-refractivity contribution in [2.24, 2.45) is 0 Å². The van der Waals surface area contributed by atoms with Gasteiger partial charge in [-0.25, -0.2) is 0 Å². The van der Waals surface area contributed by atoms with E-state index in [0.29, 0.717) is 0 Å². The predicted octanol–water partition coefficient (Wildman–Crippen LogP) is 5.13. The minimum absolute atomic E-state index is 0.931. The first-order chi connectivity index (χ1) is 10.8. The third-order valence-electron chi connectivity index (χ3n) is 4.27. The second-order valence-electron chi connectivity index (χ2n) is 5.61. The van der Waals surface area contributed by atoms with Crippen LogP contribution in [0.4, 0.5) is 0 Å². The monoisotopic (exact) mass is 282 g/mol. The lowest BCUT2D eigenvalue weighted by atomic mass is 9.83. The first kappa shape index (κ1) is 14.2. The van der Waals surface area contributed by atoms with Gasteiger partial charge in [-0.15, -0.1) is 12.8 Å². The molecule has 2 aromatic carbocycles. The average molecular weight is 282 g/mol. The Hall–Kier alpha value is -2.70. The van der Waals surface area contributed by atoms with Crippen molar-refractivity contribution in [3.05, 3.63) is 70.8 Å². The minimum Gasteiger partial charge on any atom is -0.115 e. The van der Waals surface area contributed by atoms with Crippen molar-refractivity contribution < 1.29 is 0 Å². The molecule has 0 heteroatoms. The molecule has 2 aromatic rings. The molecule has 0 spiro atoms. The highest BCUT2D eigenvalue weighted by atomic mass is 14.2. The van der Waals surface area contributed by atoms with Crippen LogP contribution in [0.3, 0.4) is 0 Å². The Labute approximate surface area is 132 Å². The van der Waals surface area contributed by atoms with E-state index in [0.717, 1.165) is 24.0 Å². The maximum atomic E-state index is 5.45. The molecular formula is C22H18. The van der Waals surface area contributed by atoms with Crippen molar-refractivity contribution in [1.82, 2.24) is 0 Å². The lowest BCUT2D eigenvalue weighted by Gasteiger charge is -2.21. The third kappa shape index (κ3) is 2.83. The third-order valence-corrected chi connectivity index (χ3v) is 4.27. The number of hydrogen-bond acceptors (Lipinski definition) is 0. The van der Waals surface area contributed by atoms with Crippen LogP contribution >= 0.6 is 0 Å². The van der Waals surface area contributed by atoms with Crippen LogP contribution in [0.2, 0.25) is 0 Å². The summed E-state index contributed by atoms with van der Waals surface area (Å²) in [4.78, 5) is 0. The SMILES string of the molecule is C#Cc1ccc(C2=C(c3ccc(C#C)cc3)CCCC2)cc1. The second-order valence-corrected chi connectivity index (χ2v) is 5.61. The predicted molar refractivity (Wildman–Crippen MR) is 94.0 cm³/mol. The smallest absolute Gasteiger partial charge is 0.0243 e. The van der Waals surface area contributed by atoms with E-state index in [1.54, 1.807) is 0 Å². The van der Waals surface area contributed by atoms with Gasteiger partial charge in [-0.1, -0.05) is 36.1 Å². The fraction of sp³-hybridized carbons (Fsp3) is 0.182. The summed E-state index contributed by atoms with van der Waals surface area (Å²) in [7, 11) is 0. The molecule has 0 aliphatic heterocycles. The number of terminal acetylenes is 2. The average Bonchev–Trinajstić information content (AvgIpc) is 2.62. The highest BCUT2D eigenvalue weighted by Crippen LogP contribution is 2.38. The second kappa shape index (κ2) is 6.38. The molecule has 0 bridgehead atoms. The molecule has 3 rings (SSSR count). The number of hydrogen-bond donors (Lipinski definition) is 0. The van der Waals surface area contributed by atoms with Crippen LogP contribution in [0.1, 0.15) is 47.9 Å². The van der Waals surface area contributed by atoms with Crippen LogP contribution in [0, 0.1) is 24.7 Å². The van der Waals surface area contributed by atoms with Gasteiger partial charge in [-0.05, 0) is 72.2 Å². The minimum atomic E-state index is 0.931. The molecule has 1 aliphatic carbocycles. The summed E-state index contributed by atoms with van der Waals surface area (Å²) in [6.07, 6.45) is 15.6. The molecule has 1 aliphatic rings. The van der Waals surface area contributed by atoms with Crippen LogP contribution in [-0.2, 0) is 0 Å². The Kier molecular flexibility index (Phi) is 4.13. The van der Waals surface area contributed by atoms with Gasteiger partial charge in [0.2, 0.25) is 0 Å². The van der Waals surface area contributed by atoms with Gasteiger partial charge in [0.1, 0.15) is 0 Å². The largest absolute Gasteiger partial charge is 0.115 e. The normalized spacial score (nSPS) is 14.3. The number of allylic oxidation sites excluding steroid dienone is 2. The Morgan fingerprint density at radius 2 is 0.955 bits per heavy atom. The van der Waals surface area contributed by atoms with Crippen molar-refractivity contribution in [3.8, 4) is 24.7 Å². The zero-order valence-electron chi connectivity index (χ0n) is 12.6. The van der Waals surface area contributed by atoms with E-state index in [1.165, 1.54) is 35.1 Å². The van der Waals surface area contributed by atoms with Gasteiger partial charge < -0.3 is 0 Å². The van der Waals surface area contributed by atoms with Gasteiger partial charge in [-0.2, -0.15) is 0 Å². The van der Waals surface area contributed by atoms with Crippen molar-refractivity contribution in [3.63, 3.8) is 0 Å². The van der Waals surface area contributed by atoms with E-state index in [1.807, 2.05) is 24.3 Å². The number of benzene rings is 2. The molecule has 0 nitrogen and oxygen atoms in total. The molecule has 106 valence electrons. The highest BCUT2D eigenvalue weighted by Gasteiger charge is 2.15. The lowest BCUT2D eigenvalue weighted by molar-refractivity contribution is 0.753. The maximum Gasteiger partial charge on any atom is 0.0243 e. The molecular weight excluding hydrogens is 264 g/mol. The molecule has 0 atom stereocenters. The Bertz CT molecular complexity index is 702. The summed E-state index contributed by atoms with van der Waals surface area (Å²) in [5.74, 6) is 5.36. The summed E-state index contributed by atoms with van der Waals surface area (Å²) in [6, 6.07) is 16.7. The Morgan fingerprint density at radius 1 is 0.591 bits per heavy atom. The molecule has 0 aromatic heterocycles. The van der Waals surface area contributed by atoms with E-state index in [2.05, 4.69) is 36.1 Å². The summed E-state index contributed by atoms with van der Waals surface area (Å²) in [6.45, 7) is 0. The summed E-state index contributed by atoms with van der Waals surface area (Å²) < 4.78 is 0. The Morgan fingerprint density at radius 3 is 1.27 bits per heavy atom. The van der Waals surface area contributed by atoms with E-state index in [9.17, 15) is 0 Å². The van der Waals surface area contributed by atoms with Gasteiger partial charge in [0.25, 0.3) is 0 Å². The van der Waals surface area contributed by atoms with Gasteiger partial charge in [-0.3, -0.25) is 0 Å². The van der Waals surface area contributed by atoms with Gasteiger partial charge in [0.05, 0.1) is 0 Å². The zero-order valence-corrected chi connectivity index (χ0v) is 12.6. The maximum absolute atomic E-state index is 5.45. The lowest BCUT2D eigenvalue weighted by Crippen LogP contribution is -1.99. The highest BCUT2D eigenvalue weighted by molar-refractivity contribution is 5.91. The van der Waals surface area contributed by atoms with E-state index in [4.69, 9.17) is 12.8 Å². The van der Waals surface area contributed by atoms with Gasteiger partial charge in [0.15, 0.2) is 0 Å². The van der Waals surface area contributed by atoms with Crippen LogP contribution in [0.5, 0.6) is 0 Å². The molecule has 0 amide bonds. The first-order valence-electron chi connectivity index (χ1n) is 7.68. The topological polar surface area (TPSA) is 0 Å². The van der Waals surface area contributed by atoms with Gasteiger partial charge >= 0.3 is 0 Å². The molecule has 0 fully saturated rings. The Balaban J connectivity index is 2.05. The molecule has 0 radical (unpaired) electrons. The quantitative estimate of drug-likeness (QED) is 0.669. The van der Waals surface area contributed by atoms with Crippen molar-refractivity contribution in [2.75, 3.05) is 0 Å².